The minimum absolute atomic E-state index is 0.190. The maximum Gasteiger partial charge on any atom is 0.337 e. The van der Waals surface area contributed by atoms with Crippen LogP contribution in [0, 0.1) is 5.41 Å². The zero-order valence-electron chi connectivity index (χ0n) is 21.6. The first-order valence-electron chi connectivity index (χ1n) is 13.4. The molecule has 202 valence electrons. The Morgan fingerprint density at radius 3 is 2.69 bits per heavy atom. The number of aryl methyl sites for hydroxylation is 1. The Morgan fingerprint density at radius 2 is 1.97 bits per heavy atom. The van der Waals surface area contributed by atoms with Crippen molar-refractivity contribution >= 4 is 45.8 Å². The van der Waals surface area contributed by atoms with Crippen molar-refractivity contribution in [2.24, 2.45) is 12.5 Å². The van der Waals surface area contributed by atoms with Crippen LogP contribution < -0.4 is 4.90 Å². The first-order valence-corrected chi connectivity index (χ1v) is 14.2. The maximum atomic E-state index is 11.6. The molecule has 0 unspecified atom stereocenters. The summed E-state index contributed by atoms with van der Waals surface area (Å²) < 4.78 is 14.1. The van der Waals surface area contributed by atoms with E-state index < -0.39 is 5.97 Å². The van der Waals surface area contributed by atoms with Crippen LogP contribution in [-0.2, 0) is 18.4 Å². The number of benzene rings is 2. The largest absolute Gasteiger partial charge is 0.478 e. The average Bonchev–Trinajstić information content (AvgIpc) is 3.35. The Kier molecular flexibility index (Phi) is 5.95. The Morgan fingerprint density at radius 1 is 1.21 bits per heavy atom. The van der Waals surface area contributed by atoms with Gasteiger partial charge >= 0.3 is 5.97 Å². The molecule has 4 aromatic rings. The van der Waals surface area contributed by atoms with Gasteiger partial charge in [-0.15, -0.1) is 0 Å². The lowest BCUT2D eigenvalue weighted by atomic mass is 9.66. The van der Waals surface area contributed by atoms with Crippen molar-refractivity contribution < 1.29 is 19.2 Å². The van der Waals surface area contributed by atoms with E-state index >= 15 is 0 Å². The van der Waals surface area contributed by atoms with E-state index in [2.05, 4.69) is 16.1 Å². The van der Waals surface area contributed by atoms with Crippen molar-refractivity contribution in [2.75, 3.05) is 18.0 Å². The predicted molar refractivity (Wildman–Crippen MR) is 151 cm³/mol. The molecule has 2 aliphatic carbocycles. The van der Waals surface area contributed by atoms with Crippen LogP contribution in [0.5, 0.6) is 0 Å². The normalized spacial score (nSPS) is 22.6. The van der Waals surface area contributed by atoms with E-state index in [1.807, 2.05) is 41.9 Å². The molecule has 0 atom stereocenters. The molecule has 0 amide bonds. The van der Waals surface area contributed by atoms with E-state index in [1.54, 1.807) is 6.20 Å². The van der Waals surface area contributed by atoms with Gasteiger partial charge in [-0.1, -0.05) is 34.4 Å². The molecule has 2 saturated carbocycles. The number of carboxylic acid groups (broad SMARTS) is 1. The summed E-state index contributed by atoms with van der Waals surface area (Å²) in [6, 6.07) is 11.6. The zero-order valence-corrected chi connectivity index (χ0v) is 23.1. The monoisotopic (exact) mass is 565 g/mol. The molecule has 3 aliphatic rings. The van der Waals surface area contributed by atoms with Gasteiger partial charge < -0.3 is 23.8 Å². The molecule has 0 radical (unpaired) electrons. The maximum absolute atomic E-state index is 11.6. The van der Waals surface area contributed by atoms with Gasteiger partial charge in [0.05, 0.1) is 33.8 Å². The minimum atomic E-state index is -0.897. The molecule has 3 heterocycles. The number of halogens is 2. The lowest BCUT2D eigenvalue weighted by molar-refractivity contribution is -0.0796. The summed E-state index contributed by atoms with van der Waals surface area (Å²) in [5.41, 5.74) is 5.04. The van der Waals surface area contributed by atoms with Crippen LogP contribution in [0.4, 0.5) is 5.69 Å². The van der Waals surface area contributed by atoms with E-state index in [-0.39, 0.29) is 11.5 Å². The number of carboxylic acids is 1. The number of fused-ring (bicyclic) bond motifs is 1. The Bertz CT molecular complexity index is 1580. The second-order valence-corrected chi connectivity index (χ2v) is 12.2. The van der Waals surface area contributed by atoms with Gasteiger partial charge in [0.25, 0.3) is 0 Å². The van der Waals surface area contributed by atoms with Crippen LogP contribution in [0.15, 0.2) is 47.1 Å². The first-order chi connectivity index (χ1) is 18.8. The lowest BCUT2D eigenvalue weighted by Gasteiger charge is -2.45. The third kappa shape index (κ3) is 4.31. The zero-order chi connectivity index (χ0) is 26.9. The number of carbonyl (C=O) groups is 1. The minimum Gasteiger partial charge on any atom is -0.478 e. The van der Waals surface area contributed by atoms with Gasteiger partial charge in [-0.2, -0.15) is 0 Å². The second kappa shape index (κ2) is 9.29. The van der Waals surface area contributed by atoms with E-state index in [1.165, 1.54) is 0 Å². The Balaban J connectivity index is 1.03. The molecule has 1 spiro atoms. The molecule has 0 bridgehead atoms. The standard InChI is InChI=1S/C30H29Cl2N3O4/c1-34-14-21(29(36)37)20-8-7-18(11-25(20)34)35-10-9-30(16-35)12-19(13-30)38-15-22-27(33-39-28(22)17-5-6-17)26-23(31)3-2-4-24(26)32/h2-4,7-8,11,14,17,19H,5-6,9-10,12-13,15-16H2,1H3,(H,36,37). The smallest absolute Gasteiger partial charge is 0.337 e. The number of hydrogen-bond acceptors (Lipinski definition) is 5. The number of hydrogen-bond donors (Lipinski definition) is 1. The molecule has 3 fully saturated rings. The first kappa shape index (κ1) is 25.0. The van der Waals surface area contributed by atoms with Crippen LogP contribution in [-0.4, -0.2) is 40.0 Å². The van der Waals surface area contributed by atoms with Gasteiger partial charge in [0.15, 0.2) is 0 Å². The van der Waals surface area contributed by atoms with Crippen molar-refractivity contribution in [3.8, 4) is 11.3 Å². The number of rotatable bonds is 7. The molecule has 1 saturated heterocycles. The topological polar surface area (TPSA) is 80.7 Å². The highest BCUT2D eigenvalue weighted by Crippen LogP contribution is 2.51. The van der Waals surface area contributed by atoms with E-state index in [4.69, 9.17) is 32.5 Å². The average molecular weight is 566 g/mol. The van der Waals surface area contributed by atoms with Gasteiger partial charge in [0, 0.05) is 54.5 Å². The van der Waals surface area contributed by atoms with Crippen molar-refractivity contribution in [2.45, 2.75) is 50.7 Å². The fourth-order valence-corrected chi connectivity index (χ4v) is 7.08. The highest BCUT2D eigenvalue weighted by Gasteiger charge is 2.49. The Hall–Kier alpha value is -3.00. The fraction of sp³-hybridized carbons (Fsp3) is 0.400. The molecule has 39 heavy (non-hydrogen) atoms. The lowest BCUT2D eigenvalue weighted by Crippen LogP contribution is -2.44. The highest BCUT2D eigenvalue weighted by molar-refractivity contribution is 6.39. The molecule has 7 rings (SSSR count). The van der Waals surface area contributed by atoms with Gasteiger partial charge in [-0.25, -0.2) is 4.79 Å². The van der Waals surface area contributed by atoms with E-state index in [0.717, 1.165) is 73.1 Å². The SMILES string of the molecule is Cn1cc(C(=O)O)c2ccc(N3CCC4(CC(OCc5c(-c6c(Cl)cccc6Cl)noc5C5CC5)C4)C3)cc21. The van der Waals surface area contributed by atoms with Crippen LogP contribution >= 0.6 is 23.2 Å². The van der Waals surface area contributed by atoms with Crippen LogP contribution in [0.3, 0.4) is 0 Å². The summed E-state index contributed by atoms with van der Waals surface area (Å²) in [5.74, 6) is 0.408. The quantitative estimate of drug-likeness (QED) is 0.253. The molecule has 2 aromatic heterocycles. The summed E-state index contributed by atoms with van der Waals surface area (Å²) in [5, 5.41) is 15.8. The number of nitrogens with zero attached hydrogens (tertiary/aromatic N) is 3. The molecular weight excluding hydrogens is 537 g/mol. The van der Waals surface area contributed by atoms with Crippen LogP contribution in [0.25, 0.3) is 22.2 Å². The summed E-state index contributed by atoms with van der Waals surface area (Å²) in [6.07, 6.45) is 7.25. The summed E-state index contributed by atoms with van der Waals surface area (Å²) in [6.45, 7) is 2.41. The predicted octanol–water partition coefficient (Wildman–Crippen LogP) is 7.29. The number of ether oxygens (including phenoxy) is 1. The fourth-order valence-electron chi connectivity index (χ4n) is 6.50. The highest BCUT2D eigenvalue weighted by atomic mass is 35.5. The molecule has 9 heteroatoms. The molecular formula is C30H29Cl2N3O4. The second-order valence-electron chi connectivity index (χ2n) is 11.4. The van der Waals surface area contributed by atoms with Crippen molar-refractivity contribution in [3.63, 3.8) is 0 Å². The van der Waals surface area contributed by atoms with Crippen molar-refractivity contribution in [3.05, 3.63) is 69.5 Å². The van der Waals surface area contributed by atoms with Gasteiger partial charge in [0.1, 0.15) is 11.5 Å². The summed E-state index contributed by atoms with van der Waals surface area (Å²) in [4.78, 5) is 14.0. The number of anilines is 1. The molecule has 1 N–H and O–H groups in total. The van der Waals surface area contributed by atoms with Gasteiger partial charge in [-0.3, -0.25) is 0 Å². The summed E-state index contributed by atoms with van der Waals surface area (Å²) >= 11 is 13.0. The number of aromatic nitrogens is 2. The van der Waals surface area contributed by atoms with Crippen LogP contribution in [0.1, 0.15) is 59.7 Å². The molecule has 1 aliphatic heterocycles. The van der Waals surface area contributed by atoms with Crippen LogP contribution in [0.2, 0.25) is 10.0 Å². The third-order valence-electron chi connectivity index (χ3n) is 8.76. The van der Waals surface area contributed by atoms with E-state index in [0.29, 0.717) is 39.4 Å². The number of aromatic carboxylic acids is 1. The third-order valence-corrected chi connectivity index (χ3v) is 9.39. The molecule has 2 aromatic carbocycles. The van der Waals surface area contributed by atoms with Gasteiger partial charge in [-0.05, 0) is 67.9 Å². The van der Waals surface area contributed by atoms with Gasteiger partial charge in [0.2, 0.25) is 0 Å². The van der Waals surface area contributed by atoms with Crippen molar-refractivity contribution in [1.29, 1.82) is 0 Å². The summed E-state index contributed by atoms with van der Waals surface area (Å²) in [7, 11) is 1.90. The Labute approximate surface area is 236 Å². The van der Waals surface area contributed by atoms with E-state index in [9.17, 15) is 9.90 Å². The molecule has 7 nitrogen and oxygen atoms in total. The van der Waals surface area contributed by atoms with Crippen molar-refractivity contribution in [1.82, 2.24) is 9.72 Å².